The summed E-state index contributed by atoms with van der Waals surface area (Å²) in [5.74, 6) is 0. The molecular formula is C7H17NO2. The van der Waals surface area contributed by atoms with Gasteiger partial charge in [-0.25, -0.2) is 0 Å². The van der Waals surface area contributed by atoms with Crippen LogP contribution in [0.15, 0.2) is 0 Å². The van der Waals surface area contributed by atoms with Crippen LogP contribution in [0, 0.1) is 0 Å². The quantitative estimate of drug-likeness (QED) is 0.441. The summed E-state index contributed by atoms with van der Waals surface area (Å²) in [5, 5.41) is 3.19. The minimum absolute atomic E-state index is 0.105. The Balaban J connectivity index is 3.09. The van der Waals surface area contributed by atoms with Crippen molar-refractivity contribution in [3.05, 3.63) is 0 Å². The van der Waals surface area contributed by atoms with Crippen LogP contribution in [0.4, 0.5) is 0 Å². The van der Waals surface area contributed by atoms with E-state index < -0.39 is 0 Å². The summed E-state index contributed by atoms with van der Waals surface area (Å²) in [5.41, 5.74) is 0. The van der Waals surface area contributed by atoms with Gasteiger partial charge >= 0.3 is 0 Å². The smallest absolute Gasteiger partial charge is 0.169 e. The highest BCUT2D eigenvalue weighted by atomic mass is 16.7. The molecule has 0 aliphatic carbocycles. The molecule has 0 saturated heterocycles. The number of methoxy groups -OCH3 is 2. The molecule has 3 nitrogen and oxygen atoms in total. The van der Waals surface area contributed by atoms with Crippen molar-refractivity contribution >= 4 is 0 Å². The molecule has 0 radical (unpaired) electrons. The molecule has 0 heterocycles. The molecule has 0 bridgehead atoms. The lowest BCUT2D eigenvalue weighted by atomic mass is 10.5. The normalized spacial score (nSPS) is 10.8. The van der Waals surface area contributed by atoms with Gasteiger partial charge in [-0.1, -0.05) is 6.92 Å². The highest BCUT2D eigenvalue weighted by Crippen LogP contribution is 1.86. The Hall–Kier alpha value is -0.120. The molecule has 0 unspecified atom stereocenters. The van der Waals surface area contributed by atoms with Crippen molar-refractivity contribution < 1.29 is 9.47 Å². The molecule has 1 N–H and O–H groups in total. The largest absolute Gasteiger partial charge is 0.355 e. The summed E-state index contributed by atoms with van der Waals surface area (Å²) in [4.78, 5) is 0. The van der Waals surface area contributed by atoms with E-state index in [4.69, 9.17) is 9.47 Å². The van der Waals surface area contributed by atoms with Crippen molar-refractivity contribution in [3.63, 3.8) is 0 Å². The fraction of sp³-hybridized carbons (Fsp3) is 1.00. The van der Waals surface area contributed by atoms with E-state index in [1.165, 1.54) is 0 Å². The minimum atomic E-state index is -0.105. The lowest BCUT2D eigenvalue weighted by molar-refractivity contribution is -0.0986. The minimum Gasteiger partial charge on any atom is -0.355 e. The Morgan fingerprint density at radius 3 is 2.30 bits per heavy atom. The number of ether oxygens (including phenoxy) is 2. The first-order valence-corrected chi connectivity index (χ1v) is 3.61. The van der Waals surface area contributed by atoms with Crippen molar-refractivity contribution in [3.8, 4) is 0 Å². The van der Waals surface area contributed by atoms with Crippen LogP contribution in [0.3, 0.4) is 0 Å². The zero-order valence-corrected chi connectivity index (χ0v) is 7.02. The maximum absolute atomic E-state index is 4.96. The molecule has 62 valence electrons. The van der Waals surface area contributed by atoms with Gasteiger partial charge in [0.15, 0.2) is 6.29 Å². The number of rotatable bonds is 6. The van der Waals surface area contributed by atoms with Gasteiger partial charge in [-0.3, -0.25) is 0 Å². The molecule has 0 aromatic rings. The molecule has 0 aliphatic heterocycles. The summed E-state index contributed by atoms with van der Waals surface area (Å²) >= 11 is 0. The van der Waals surface area contributed by atoms with Gasteiger partial charge in [0.05, 0.1) is 0 Å². The molecule has 0 atom stereocenters. The first-order valence-electron chi connectivity index (χ1n) is 3.61. The summed E-state index contributed by atoms with van der Waals surface area (Å²) in [6.45, 7) is 3.91. The average Bonchev–Trinajstić information content (AvgIpc) is 1.99. The lowest BCUT2D eigenvalue weighted by Crippen LogP contribution is -2.30. The zero-order chi connectivity index (χ0) is 7.82. The first kappa shape index (κ1) is 9.88. The molecule has 0 fully saturated rings. The Labute approximate surface area is 62.7 Å². The van der Waals surface area contributed by atoms with Gasteiger partial charge in [0.1, 0.15) is 0 Å². The molecular weight excluding hydrogens is 130 g/mol. The average molecular weight is 147 g/mol. The predicted octanol–water partition coefficient (Wildman–Crippen LogP) is 0.605. The number of hydrogen-bond acceptors (Lipinski definition) is 3. The van der Waals surface area contributed by atoms with E-state index in [9.17, 15) is 0 Å². The van der Waals surface area contributed by atoms with Crippen LogP contribution in [0.25, 0.3) is 0 Å². The van der Waals surface area contributed by atoms with E-state index >= 15 is 0 Å². The van der Waals surface area contributed by atoms with Gasteiger partial charge in [0.25, 0.3) is 0 Å². The highest BCUT2D eigenvalue weighted by molar-refractivity contribution is 4.48. The van der Waals surface area contributed by atoms with Gasteiger partial charge < -0.3 is 14.8 Å². The molecule has 0 aliphatic rings. The van der Waals surface area contributed by atoms with E-state index in [2.05, 4.69) is 12.2 Å². The van der Waals surface area contributed by atoms with Crippen molar-refractivity contribution in [1.29, 1.82) is 0 Å². The Bertz CT molecular complexity index is 64.6. The van der Waals surface area contributed by atoms with Crippen LogP contribution in [-0.4, -0.2) is 33.6 Å². The highest BCUT2D eigenvalue weighted by Gasteiger charge is 2.01. The van der Waals surface area contributed by atoms with Gasteiger partial charge in [-0.15, -0.1) is 0 Å². The molecule has 0 spiro atoms. The molecule has 3 heteroatoms. The monoisotopic (exact) mass is 147 g/mol. The standard InChI is InChI=1S/C7H17NO2/c1-4-5-8-6-7(9-2)10-3/h7-8H,4-6H2,1-3H3. The van der Waals surface area contributed by atoms with Crippen molar-refractivity contribution in [2.45, 2.75) is 19.6 Å². The fourth-order valence-electron chi connectivity index (χ4n) is 0.660. The second kappa shape index (κ2) is 6.99. The predicted molar refractivity (Wildman–Crippen MR) is 41.0 cm³/mol. The van der Waals surface area contributed by atoms with Crippen LogP contribution in [0.1, 0.15) is 13.3 Å². The second-order valence-corrected chi connectivity index (χ2v) is 2.11. The van der Waals surface area contributed by atoms with Crippen LogP contribution in [0.5, 0.6) is 0 Å². The van der Waals surface area contributed by atoms with Crippen molar-refractivity contribution in [1.82, 2.24) is 5.32 Å². The molecule has 0 rings (SSSR count). The molecule has 10 heavy (non-hydrogen) atoms. The maximum Gasteiger partial charge on any atom is 0.169 e. The van der Waals surface area contributed by atoms with Crippen LogP contribution in [-0.2, 0) is 9.47 Å². The van der Waals surface area contributed by atoms with Gasteiger partial charge in [-0.2, -0.15) is 0 Å². The summed E-state index contributed by atoms with van der Waals surface area (Å²) in [6, 6.07) is 0. The molecule has 0 aromatic carbocycles. The first-order chi connectivity index (χ1) is 4.85. The van der Waals surface area contributed by atoms with Crippen LogP contribution in [0.2, 0.25) is 0 Å². The van der Waals surface area contributed by atoms with Crippen molar-refractivity contribution in [2.24, 2.45) is 0 Å². The van der Waals surface area contributed by atoms with E-state index in [-0.39, 0.29) is 6.29 Å². The number of nitrogens with one attached hydrogen (secondary N) is 1. The lowest BCUT2D eigenvalue weighted by Gasteiger charge is -2.13. The van der Waals surface area contributed by atoms with E-state index in [0.29, 0.717) is 0 Å². The summed E-state index contributed by atoms with van der Waals surface area (Å²) in [7, 11) is 3.28. The van der Waals surface area contributed by atoms with Crippen molar-refractivity contribution in [2.75, 3.05) is 27.3 Å². The summed E-state index contributed by atoms with van der Waals surface area (Å²) < 4.78 is 9.92. The molecule has 0 aromatic heterocycles. The third kappa shape index (κ3) is 4.73. The van der Waals surface area contributed by atoms with Gasteiger partial charge in [0.2, 0.25) is 0 Å². The Morgan fingerprint density at radius 2 is 1.90 bits per heavy atom. The molecule has 0 saturated carbocycles. The zero-order valence-electron chi connectivity index (χ0n) is 7.02. The Kier molecular flexibility index (Phi) is 6.91. The topological polar surface area (TPSA) is 30.5 Å². The van der Waals surface area contributed by atoms with Gasteiger partial charge in [-0.05, 0) is 13.0 Å². The summed E-state index contributed by atoms with van der Waals surface area (Å²) in [6.07, 6.45) is 1.03. The van der Waals surface area contributed by atoms with E-state index in [0.717, 1.165) is 19.5 Å². The maximum atomic E-state index is 4.96. The third-order valence-electron chi connectivity index (χ3n) is 1.26. The Morgan fingerprint density at radius 1 is 1.30 bits per heavy atom. The third-order valence-corrected chi connectivity index (χ3v) is 1.26. The van der Waals surface area contributed by atoms with E-state index in [1.807, 2.05) is 0 Å². The van der Waals surface area contributed by atoms with Crippen LogP contribution >= 0.6 is 0 Å². The van der Waals surface area contributed by atoms with E-state index in [1.54, 1.807) is 14.2 Å². The van der Waals surface area contributed by atoms with Gasteiger partial charge in [0, 0.05) is 20.8 Å². The fourth-order valence-corrected chi connectivity index (χ4v) is 0.660. The molecule has 0 amide bonds. The van der Waals surface area contributed by atoms with Crippen LogP contribution < -0.4 is 5.32 Å². The SMILES string of the molecule is CCCNCC(OC)OC. The second-order valence-electron chi connectivity index (χ2n) is 2.11. The number of hydrogen-bond donors (Lipinski definition) is 1.